The van der Waals surface area contributed by atoms with Gasteiger partial charge in [0.05, 0.1) is 7.11 Å². The second-order valence-electron chi connectivity index (χ2n) is 4.86. The monoisotopic (exact) mass is 217 g/mol. The van der Waals surface area contributed by atoms with Crippen LogP contribution in [0.3, 0.4) is 0 Å². The molecule has 2 nitrogen and oxygen atoms in total. The van der Waals surface area contributed by atoms with Gasteiger partial charge in [-0.1, -0.05) is 6.07 Å². The summed E-state index contributed by atoms with van der Waals surface area (Å²) < 4.78 is 5.51. The Labute approximate surface area is 97.0 Å². The lowest BCUT2D eigenvalue weighted by Crippen LogP contribution is -2.22. The average Bonchev–Trinajstić information content (AvgIpc) is 2.55. The molecule has 86 valence electrons. The quantitative estimate of drug-likeness (QED) is 0.779. The Morgan fingerprint density at radius 3 is 3.12 bits per heavy atom. The summed E-state index contributed by atoms with van der Waals surface area (Å²) in [6, 6.07) is 4.43. The van der Waals surface area contributed by atoms with Crippen molar-refractivity contribution in [2.45, 2.75) is 31.6 Å². The smallest absolute Gasteiger partial charge is 0.122 e. The number of benzene rings is 1. The van der Waals surface area contributed by atoms with E-state index in [1.54, 1.807) is 18.2 Å². The number of hydrogen-bond acceptors (Lipinski definition) is 2. The van der Waals surface area contributed by atoms with Crippen LogP contribution in [0.1, 0.15) is 35.4 Å². The maximum absolute atomic E-state index is 5.51. The highest BCUT2D eigenvalue weighted by Gasteiger charge is 2.26. The van der Waals surface area contributed by atoms with E-state index in [-0.39, 0.29) is 0 Å². The number of hydrogen-bond donors (Lipinski definition) is 1. The third kappa shape index (κ3) is 1.52. The molecule has 1 unspecified atom stereocenters. The van der Waals surface area contributed by atoms with Crippen molar-refractivity contribution in [2.75, 3.05) is 20.2 Å². The highest BCUT2D eigenvalue weighted by atomic mass is 16.5. The molecule has 2 aliphatic rings. The summed E-state index contributed by atoms with van der Waals surface area (Å²) in [6.07, 6.45) is 5.04. The van der Waals surface area contributed by atoms with Gasteiger partial charge in [0, 0.05) is 6.54 Å². The van der Waals surface area contributed by atoms with Crippen LogP contribution >= 0.6 is 0 Å². The molecule has 0 aromatic heterocycles. The molecule has 0 spiro atoms. The van der Waals surface area contributed by atoms with E-state index in [1.165, 1.54) is 24.8 Å². The first kappa shape index (κ1) is 10.2. The Morgan fingerprint density at radius 2 is 2.25 bits per heavy atom. The molecular formula is C14H19NO. The number of rotatable bonds is 1. The van der Waals surface area contributed by atoms with E-state index < -0.39 is 0 Å². The molecule has 2 heteroatoms. The summed E-state index contributed by atoms with van der Waals surface area (Å²) in [4.78, 5) is 0. The number of ether oxygens (including phenoxy) is 1. The van der Waals surface area contributed by atoms with Crippen LogP contribution in [0.15, 0.2) is 12.1 Å². The van der Waals surface area contributed by atoms with Crippen molar-refractivity contribution in [3.63, 3.8) is 0 Å². The Kier molecular flexibility index (Phi) is 2.60. The van der Waals surface area contributed by atoms with Gasteiger partial charge in [0.2, 0.25) is 0 Å². The summed E-state index contributed by atoms with van der Waals surface area (Å²) in [7, 11) is 1.79. The summed E-state index contributed by atoms with van der Waals surface area (Å²) in [5, 5.41) is 3.55. The van der Waals surface area contributed by atoms with Gasteiger partial charge in [0.15, 0.2) is 0 Å². The number of aryl methyl sites for hydroxylation is 1. The summed E-state index contributed by atoms with van der Waals surface area (Å²) in [5.74, 6) is 1.81. The molecule has 16 heavy (non-hydrogen) atoms. The topological polar surface area (TPSA) is 21.3 Å². The molecule has 0 radical (unpaired) electrons. The zero-order chi connectivity index (χ0) is 11.0. The van der Waals surface area contributed by atoms with Crippen molar-refractivity contribution in [2.24, 2.45) is 0 Å². The van der Waals surface area contributed by atoms with Gasteiger partial charge in [0.1, 0.15) is 5.75 Å². The van der Waals surface area contributed by atoms with Crippen molar-refractivity contribution in [1.82, 2.24) is 5.32 Å². The maximum atomic E-state index is 5.51. The van der Waals surface area contributed by atoms with E-state index >= 15 is 0 Å². The third-order valence-electron chi connectivity index (χ3n) is 3.97. The van der Waals surface area contributed by atoms with Crippen molar-refractivity contribution in [3.05, 3.63) is 28.8 Å². The van der Waals surface area contributed by atoms with E-state index in [1.807, 2.05) is 0 Å². The Hall–Kier alpha value is -1.02. The van der Waals surface area contributed by atoms with E-state index in [2.05, 4.69) is 17.4 Å². The van der Waals surface area contributed by atoms with Crippen molar-refractivity contribution in [1.29, 1.82) is 0 Å². The molecule has 1 heterocycles. The van der Waals surface area contributed by atoms with Gasteiger partial charge < -0.3 is 10.1 Å². The molecule has 1 N–H and O–H groups in total. The predicted molar refractivity (Wildman–Crippen MR) is 65.2 cm³/mol. The molecule has 1 aromatic carbocycles. The van der Waals surface area contributed by atoms with E-state index in [0.29, 0.717) is 0 Å². The van der Waals surface area contributed by atoms with Crippen molar-refractivity contribution >= 4 is 0 Å². The zero-order valence-corrected chi connectivity index (χ0v) is 9.88. The molecule has 1 aliphatic heterocycles. The van der Waals surface area contributed by atoms with Gasteiger partial charge in [-0.3, -0.25) is 0 Å². The molecule has 0 saturated heterocycles. The van der Waals surface area contributed by atoms with E-state index in [9.17, 15) is 0 Å². The lowest BCUT2D eigenvalue weighted by molar-refractivity contribution is 0.408. The lowest BCUT2D eigenvalue weighted by Gasteiger charge is -2.27. The first-order valence-corrected chi connectivity index (χ1v) is 6.29. The van der Waals surface area contributed by atoms with Gasteiger partial charge in [-0.15, -0.1) is 0 Å². The van der Waals surface area contributed by atoms with Gasteiger partial charge in [-0.2, -0.15) is 0 Å². The molecule has 1 atom stereocenters. The fourth-order valence-corrected chi connectivity index (χ4v) is 3.25. The maximum Gasteiger partial charge on any atom is 0.122 e. The van der Waals surface area contributed by atoms with Crippen molar-refractivity contribution in [3.8, 4) is 5.75 Å². The molecule has 1 aliphatic carbocycles. The van der Waals surface area contributed by atoms with Crippen LogP contribution in [-0.4, -0.2) is 20.2 Å². The Balaban J connectivity index is 2.16. The van der Waals surface area contributed by atoms with Gasteiger partial charge in [0.25, 0.3) is 0 Å². The molecule has 3 rings (SSSR count). The van der Waals surface area contributed by atoms with Gasteiger partial charge >= 0.3 is 0 Å². The Bertz CT molecular complexity index is 400. The molecule has 0 fully saturated rings. The molecular weight excluding hydrogens is 198 g/mol. The zero-order valence-electron chi connectivity index (χ0n) is 9.88. The summed E-state index contributed by atoms with van der Waals surface area (Å²) in [6.45, 7) is 2.23. The van der Waals surface area contributed by atoms with E-state index in [0.717, 1.165) is 31.2 Å². The average molecular weight is 217 g/mol. The van der Waals surface area contributed by atoms with Crippen LogP contribution in [0, 0.1) is 0 Å². The van der Waals surface area contributed by atoms with Gasteiger partial charge in [-0.05, 0) is 60.9 Å². The van der Waals surface area contributed by atoms with Crippen LogP contribution in [0.4, 0.5) is 0 Å². The third-order valence-corrected chi connectivity index (χ3v) is 3.97. The standard InChI is InChI=1S/C14H19NO/c1-16-13-6-5-10-3-2-4-11-9-15-8-7-12(13)14(10)11/h5-6,11,15H,2-4,7-9H2,1H3. The normalized spacial score (nSPS) is 23.4. The minimum absolute atomic E-state index is 0.719. The molecule has 0 saturated carbocycles. The molecule has 1 aromatic rings. The van der Waals surface area contributed by atoms with Crippen LogP contribution < -0.4 is 10.1 Å². The summed E-state index contributed by atoms with van der Waals surface area (Å²) >= 11 is 0. The SMILES string of the molecule is COc1ccc2c3c1CCNCC3CCC2. The summed E-state index contributed by atoms with van der Waals surface area (Å²) in [5.41, 5.74) is 4.64. The largest absolute Gasteiger partial charge is 0.496 e. The van der Waals surface area contributed by atoms with Crippen LogP contribution in [0.5, 0.6) is 5.75 Å². The van der Waals surface area contributed by atoms with Crippen LogP contribution in [-0.2, 0) is 12.8 Å². The first-order chi connectivity index (χ1) is 7.90. The lowest BCUT2D eigenvalue weighted by atomic mass is 9.80. The Morgan fingerprint density at radius 1 is 1.31 bits per heavy atom. The van der Waals surface area contributed by atoms with Crippen LogP contribution in [0.2, 0.25) is 0 Å². The second-order valence-corrected chi connectivity index (χ2v) is 4.86. The second kappa shape index (κ2) is 4.10. The highest BCUT2D eigenvalue weighted by molar-refractivity contribution is 5.49. The van der Waals surface area contributed by atoms with E-state index in [4.69, 9.17) is 4.74 Å². The highest BCUT2D eigenvalue weighted by Crippen LogP contribution is 2.39. The van der Waals surface area contributed by atoms with Crippen LogP contribution in [0.25, 0.3) is 0 Å². The van der Waals surface area contributed by atoms with Crippen molar-refractivity contribution < 1.29 is 4.74 Å². The minimum atomic E-state index is 0.719. The number of methoxy groups -OCH3 is 1. The number of nitrogens with one attached hydrogen (secondary N) is 1. The van der Waals surface area contributed by atoms with Gasteiger partial charge in [-0.25, -0.2) is 0 Å². The minimum Gasteiger partial charge on any atom is -0.496 e. The fraction of sp³-hybridized carbons (Fsp3) is 0.571. The fourth-order valence-electron chi connectivity index (χ4n) is 3.25. The molecule has 0 bridgehead atoms. The first-order valence-electron chi connectivity index (χ1n) is 6.29. The molecule has 0 amide bonds. The predicted octanol–water partition coefficient (Wildman–Crippen LogP) is 2.26.